The van der Waals surface area contributed by atoms with E-state index in [0.29, 0.717) is 23.3 Å². The number of nitro groups is 2. The van der Waals surface area contributed by atoms with Crippen LogP contribution in [0.1, 0.15) is 47.0 Å². The number of non-ortho nitro benzene ring substituents is 2. The number of rotatable bonds is 5. The first-order valence-corrected chi connectivity index (χ1v) is 11.1. The van der Waals surface area contributed by atoms with Crippen molar-refractivity contribution in [3.63, 3.8) is 0 Å². The number of hydrogen-bond acceptors (Lipinski definition) is 7. The predicted octanol–water partition coefficient (Wildman–Crippen LogP) is 5.53. The smallest absolute Gasteiger partial charge is 0.310 e. The summed E-state index contributed by atoms with van der Waals surface area (Å²) < 4.78 is 5.32. The van der Waals surface area contributed by atoms with E-state index in [4.69, 9.17) is 9.52 Å². The Labute approximate surface area is 199 Å². The highest BCUT2D eigenvalue weighted by Gasteiger charge is 2.44. The zero-order valence-electron chi connectivity index (χ0n) is 18.4. The van der Waals surface area contributed by atoms with Gasteiger partial charge in [-0.05, 0) is 54.2 Å². The minimum Gasteiger partial charge on any atom is -0.459 e. The Morgan fingerprint density at radius 2 is 1.77 bits per heavy atom. The molecule has 3 aromatic rings. The molecule has 0 saturated heterocycles. The van der Waals surface area contributed by atoms with E-state index >= 15 is 0 Å². The van der Waals surface area contributed by atoms with Gasteiger partial charge in [0.25, 0.3) is 11.4 Å². The van der Waals surface area contributed by atoms with E-state index in [1.54, 1.807) is 36.4 Å². The third-order valence-electron chi connectivity index (χ3n) is 6.29. The first kappa shape index (κ1) is 22.2. The Hall–Kier alpha value is -4.60. The van der Waals surface area contributed by atoms with Gasteiger partial charge >= 0.3 is 5.91 Å². The quantitative estimate of drug-likeness (QED) is 0.354. The van der Waals surface area contributed by atoms with E-state index in [9.17, 15) is 25.0 Å². The second kappa shape index (κ2) is 8.98. The number of hydrazone groups is 1. The molecule has 1 aromatic heterocycles. The van der Waals surface area contributed by atoms with E-state index < -0.39 is 21.8 Å². The predicted molar refractivity (Wildman–Crippen MR) is 127 cm³/mol. The van der Waals surface area contributed by atoms with Crippen LogP contribution in [-0.2, 0) is 0 Å². The zero-order valence-corrected chi connectivity index (χ0v) is 18.4. The Kier molecular flexibility index (Phi) is 5.69. The van der Waals surface area contributed by atoms with Crippen LogP contribution in [0.3, 0.4) is 0 Å². The summed E-state index contributed by atoms with van der Waals surface area (Å²) in [5, 5.41) is 28.7. The van der Waals surface area contributed by atoms with Crippen molar-refractivity contribution < 1.29 is 19.1 Å². The van der Waals surface area contributed by atoms with Crippen LogP contribution in [0.25, 0.3) is 6.08 Å². The molecule has 0 bridgehead atoms. The number of carbonyl (C=O) groups excluding carboxylic acids is 1. The second-order valence-electron chi connectivity index (χ2n) is 8.43. The van der Waals surface area contributed by atoms with E-state index in [2.05, 4.69) is 0 Å². The van der Waals surface area contributed by atoms with Crippen molar-refractivity contribution in [1.29, 1.82) is 0 Å². The number of benzene rings is 2. The number of allylic oxidation sites excluding steroid dienone is 1. The van der Waals surface area contributed by atoms with Gasteiger partial charge < -0.3 is 4.42 Å². The van der Waals surface area contributed by atoms with Gasteiger partial charge in [-0.1, -0.05) is 24.3 Å². The normalized spacial score (nSPS) is 20.4. The van der Waals surface area contributed by atoms with Crippen molar-refractivity contribution in [1.82, 2.24) is 5.01 Å². The number of fused-ring (bicyclic) bond motifs is 1. The van der Waals surface area contributed by atoms with Crippen molar-refractivity contribution in [2.24, 2.45) is 11.0 Å². The Morgan fingerprint density at radius 3 is 2.49 bits per heavy atom. The first-order chi connectivity index (χ1) is 16.9. The van der Waals surface area contributed by atoms with Crippen LogP contribution in [0.15, 0.2) is 82.0 Å². The summed E-state index contributed by atoms with van der Waals surface area (Å²) in [7, 11) is 0. The van der Waals surface area contributed by atoms with Gasteiger partial charge in [-0.3, -0.25) is 25.0 Å². The van der Waals surface area contributed by atoms with Crippen LogP contribution in [0.5, 0.6) is 0 Å². The number of hydrogen-bond donors (Lipinski definition) is 0. The van der Waals surface area contributed by atoms with Gasteiger partial charge in [0.05, 0.1) is 27.9 Å². The molecule has 2 aliphatic rings. The molecule has 176 valence electrons. The lowest BCUT2D eigenvalue weighted by Gasteiger charge is -2.29. The Bertz CT molecular complexity index is 1380. The van der Waals surface area contributed by atoms with Crippen LogP contribution in [-0.4, -0.2) is 26.5 Å². The molecule has 1 aliphatic heterocycles. The van der Waals surface area contributed by atoms with Crippen molar-refractivity contribution in [2.75, 3.05) is 0 Å². The minimum absolute atomic E-state index is 0.0100. The van der Waals surface area contributed by atoms with Crippen LogP contribution in [0.2, 0.25) is 0 Å². The Morgan fingerprint density at radius 1 is 1.03 bits per heavy atom. The summed E-state index contributed by atoms with van der Waals surface area (Å²) in [6.07, 6.45) is 5.52. The fourth-order valence-electron chi connectivity index (χ4n) is 4.77. The SMILES string of the molecule is O=C(c1ccco1)N1N=C2C(=Cc3cccc([N+](=O)[O-])c3)CCCC2C1c1cccc([N+](=O)[O-])c1. The average molecular weight is 472 g/mol. The molecular formula is C25H20N4O6. The van der Waals surface area contributed by atoms with Gasteiger partial charge in [0, 0.05) is 30.2 Å². The van der Waals surface area contributed by atoms with Crippen LogP contribution < -0.4 is 0 Å². The number of carbonyl (C=O) groups is 1. The third kappa shape index (κ3) is 4.21. The molecule has 0 spiro atoms. The fraction of sp³-hybridized carbons (Fsp3) is 0.200. The molecule has 1 fully saturated rings. The van der Waals surface area contributed by atoms with Crippen molar-refractivity contribution in [2.45, 2.75) is 25.3 Å². The summed E-state index contributed by atoms with van der Waals surface area (Å²) in [4.78, 5) is 35.0. The summed E-state index contributed by atoms with van der Waals surface area (Å²) in [5.74, 6) is -0.509. The van der Waals surface area contributed by atoms with Crippen LogP contribution in [0.4, 0.5) is 11.4 Å². The first-order valence-electron chi connectivity index (χ1n) is 11.1. The van der Waals surface area contributed by atoms with E-state index in [1.807, 2.05) is 6.08 Å². The number of furan rings is 1. The summed E-state index contributed by atoms with van der Waals surface area (Å²) >= 11 is 0. The molecule has 5 rings (SSSR count). The van der Waals surface area contributed by atoms with Gasteiger partial charge in [0.15, 0.2) is 5.76 Å². The van der Waals surface area contributed by atoms with Gasteiger partial charge in [-0.25, -0.2) is 5.01 Å². The Balaban J connectivity index is 1.59. The van der Waals surface area contributed by atoms with Gasteiger partial charge in [-0.15, -0.1) is 0 Å². The van der Waals surface area contributed by atoms with Gasteiger partial charge in [0.2, 0.25) is 0 Å². The van der Waals surface area contributed by atoms with E-state index in [0.717, 1.165) is 18.4 Å². The van der Waals surface area contributed by atoms with Crippen LogP contribution >= 0.6 is 0 Å². The molecule has 1 amide bonds. The monoisotopic (exact) mass is 472 g/mol. The summed E-state index contributed by atoms with van der Waals surface area (Å²) in [6.45, 7) is 0. The second-order valence-corrected chi connectivity index (χ2v) is 8.43. The molecular weight excluding hydrogens is 452 g/mol. The number of nitrogens with zero attached hydrogens (tertiary/aromatic N) is 4. The highest BCUT2D eigenvalue weighted by atomic mass is 16.6. The van der Waals surface area contributed by atoms with E-state index in [1.165, 1.54) is 35.5 Å². The van der Waals surface area contributed by atoms with Crippen molar-refractivity contribution in [3.05, 3.63) is 110 Å². The molecule has 2 aromatic carbocycles. The minimum atomic E-state index is -0.545. The average Bonchev–Trinajstić information content (AvgIpc) is 3.53. The van der Waals surface area contributed by atoms with Gasteiger partial charge in [-0.2, -0.15) is 5.10 Å². The van der Waals surface area contributed by atoms with Gasteiger partial charge in [0.1, 0.15) is 0 Å². The molecule has 35 heavy (non-hydrogen) atoms. The maximum atomic E-state index is 13.3. The number of nitro benzene ring substituents is 2. The number of amides is 1. The molecule has 0 N–H and O–H groups in total. The molecule has 10 heteroatoms. The molecule has 0 radical (unpaired) electrons. The molecule has 2 atom stereocenters. The van der Waals surface area contributed by atoms with E-state index in [-0.39, 0.29) is 23.1 Å². The lowest BCUT2D eigenvalue weighted by molar-refractivity contribution is -0.385. The summed E-state index contributed by atoms with van der Waals surface area (Å²) in [5.41, 5.74) is 2.79. The van der Waals surface area contributed by atoms with Crippen molar-refractivity contribution >= 4 is 29.1 Å². The lowest BCUT2D eigenvalue weighted by Crippen LogP contribution is -2.31. The zero-order chi connectivity index (χ0) is 24.5. The standard InChI is InChI=1S/C25H20N4O6/c30-25(22-11-4-12-35-22)27-24(18-7-2-9-20(15-18)29(33)34)21-10-3-6-17(23(21)26-27)13-16-5-1-8-19(14-16)28(31)32/h1-2,4-5,7-9,11-15,21,24H,3,6,10H2. The summed E-state index contributed by atoms with van der Waals surface area (Å²) in [6, 6.07) is 15.2. The lowest BCUT2D eigenvalue weighted by atomic mass is 9.77. The van der Waals surface area contributed by atoms with Crippen LogP contribution in [0, 0.1) is 26.1 Å². The topological polar surface area (TPSA) is 132 Å². The molecule has 2 heterocycles. The van der Waals surface area contributed by atoms with Crippen molar-refractivity contribution in [3.8, 4) is 0 Å². The molecule has 1 aliphatic carbocycles. The molecule has 1 saturated carbocycles. The maximum Gasteiger partial charge on any atom is 0.310 e. The molecule has 10 nitrogen and oxygen atoms in total. The fourth-order valence-corrected chi connectivity index (χ4v) is 4.77. The maximum absolute atomic E-state index is 13.3. The highest BCUT2D eigenvalue weighted by Crippen LogP contribution is 2.45. The largest absolute Gasteiger partial charge is 0.459 e. The highest BCUT2D eigenvalue weighted by molar-refractivity contribution is 6.09. The third-order valence-corrected chi connectivity index (χ3v) is 6.29. The molecule has 2 unspecified atom stereocenters.